The molecule has 464 valence electrons. The highest BCUT2D eigenvalue weighted by Gasteiger charge is 2.47. The molecule has 5 saturated heterocycles. The predicted octanol–water partition coefficient (Wildman–Crippen LogP) is 0.789. The van der Waals surface area contributed by atoms with Gasteiger partial charge in [0, 0.05) is 68.2 Å². The molecule has 0 saturated carbocycles. The summed E-state index contributed by atoms with van der Waals surface area (Å²) in [5, 5.41) is 36.6. The first-order valence-corrected chi connectivity index (χ1v) is 31.7. The Morgan fingerprint density at radius 2 is 0.941 bits per heavy atom. The molecule has 0 aromatic heterocycles. The fourth-order valence-corrected chi connectivity index (χ4v) is 12.7. The highest BCUT2D eigenvalue weighted by Crippen LogP contribution is 2.29. The lowest BCUT2D eigenvalue weighted by atomic mass is 9.96. The van der Waals surface area contributed by atoms with Crippen LogP contribution >= 0.6 is 0 Å². The standard InChI is InChI=1S/C60H84N10O14S/c1-6-36(4)50-60(83)70-30-13-19-48(70)59(82)67-27-10-16-45(67)55(78)62-41(26-31-85(5)84)52(75)63-42(33-37-14-8-7-9-15-37)53(76)61-40(24-25-49(72)73)51(74)65-44(32-35(2)3)57(80)69-29-12-18-47(69)58(81)68-28-11-17-46(68)56(79)64-43(54(77)66-50)34-38-20-22-39(71)23-21-38/h7-9,14-15,20-23,35-36,40-48,50,71H,6,10-13,16-19,24-34H2,1-5H3,(H,61,76)(H,62,78)(H,63,75)(H,64,79)(H,65,74)(H,66,77)(H,72,73)/t36-,40-,41-,42-,43-,44-,45-,46-,47-,48-,50-,85-/m0/s1. The van der Waals surface area contributed by atoms with Crippen LogP contribution in [0.2, 0.25) is 0 Å². The van der Waals surface area contributed by atoms with Gasteiger partial charge in [-0.2, -0.15) is 0 Å². The molecule has 25 heteroatoms. The van der Waals surface area contributed by atoms with E-state index in [1.165, 1.54) is 38.0 Å². The van der Waals surface area contributed by atoms with Crippen LogP contribution in [0.5, 0.6) is 5.75 Å². The van der Waals surface area contributed by atoms with Crippen molar-refractivity contribution in [1.82, 2.24) is 51.5 Å². The van der Waals surface area contributed by atoms with E-state index in [1.807, 2.05) is 20.8 Å². The number of phenols is 1. The van der Waals surface area contributed by atoms with Crippen molar-refractivity contribution in [3.63, 3.8) is 0 Å². The lowest BCUT2D eigenvalue weighted by Gasteiger charge is -2.35. The van der Waals surface area contributed by atoms with Gasteiger partial charge in [0.1, 0.15) is 66.2 Å². The molecule has 12 atom stereocenters. The highest BCUT2D eigenvalue weighted by atomic mass is 32.2. The van der Waals surface area contributed by atoms with E-state index in [0.717, 1.165) is 0 Å². The number of hydrogen-bond donors (Lipinski definition) is 8. The first kappa shape index (κ1) is 65.1. The molecule has 0 aliphatic carbocycles. The number of carboxylic acid groups (broad SMARTS) is 1. The molecule has 2 aromatic carbocycles. The number of carbonyl (C=O) groups is 11. The Kier molecular flexibility index (Phi) is 23.0. The maximum atomic E-state index is 15.0. The number of fused-ring (bicyclic) bond motifs is 4. The average molecular weight is 1200 g/mol. The molecular weight excluding hydrogens is 1120 g/mol. The Morgan fingerprint density at radius 3 is 1.44 bits per heavy atom. The van der Waals surface area contributed by atoms with Gasteiger partial charge in [0.05, 0.1) is 0 Å². The second kappa shape index (κ2) is 30.1. The summed E-state index contributed by atoms with van der Waals surface area (Å²) in [6.07, 6.45) is 2.99. The Labute approximate surface area is 498 Å². The Bertz CT molecular complexity index is 2810. The number of nitrogens with one attached hydrogen (secondary N) is 6. The lowest BCUT2D eigenvalue weighted by molar-refractivity contribution is -0.149. The molecule has 0 spiro atoms. The number of rotatable bonds is 14. The average Bonchev–Trinajstić information content (AvgIpc) is 3.41. The van der Waals surface area contributed by atoms with E-state index in [4.69, 9.17) is 0 Å². The molecular formula is C60H84N10O14S. The van der Waals surface area contributed by atoms with Crippen molar-refractivity contribution in [2.75, 3.05) is 38.2 Å². The second-order valence-corrected chi connectivity index (χ2v) is 25.2. The van der Waals surface area contributed by atoms with Crippen molar-refractivity contribution in [3.05, 3.63) is 65.7 Å². The zero-order valence-corrected chi connectivity index (χ0v) is 50.1. The third-order valence-electron chi connectivity index (χ3n) is 16.9. The zero-order valence-electron chi connectivity index (χ0n) is 49.3. The van der Waals surface area contributed by atoms with E-state index in [1.54, 1.807) is 49.4 Å². The molecule has 0 bridgehead atoms. The van der Waals surface area contributed by atoms with E-state index in [9.17, 15) is 67.2 Å². The third-order valence-corrected chi connectivity index (χ3v) is 17.8. The van der Waals surface area contributed by atoms with Gasteiger partial charge >= 0.3 is 5.97 Å². The van der Waals surface area contributed by atoms with Crippen LogP contribution in [0.25, 0.3) is 0 Å². The maximum absolute atomic E-state index is 15.0. The van der Waals surface area contributed by atoms with Crippen molar-refractivity contribution < 1.29 is 67.2 Å². The number of carboxylic acids is 1. The van der Waals surface area contributed by atoms with Crippen LogP contribution in [0.15, 0.2) is 54.6 Å². The van der Waals surface area contributed by atoms with Crippen LogP contribution in [0, 0.1) is 11.8 Å². The minimum atomic E-state index is -1.57. The van der Waals surface area contributed by atoms with E-state index >= 15 is 0 Å². The number of phenolic OH excluding ortho intramolecular Hbond substituents is 1. The summed E-state index contributed by atoms with van der Waals surface area (Å²) < 4.78 is 12.6. The lowest BCUT2D eigenvalue weighted by Crippen LogP contribution is -2.62. The molecule has 24 nitrogen and oxygen atoms in total. The van der Waals surface area contributed by atoms with Crippen LogP contribution in [-0.4, -0.2) is 198 Å². The first-order chi connectivity index (χ1) is 40.5. The smallest absolute Gasteiger partial charge is 0.303 e. The minimum absolute atomic E-state index is 0.0343. The number of aliphatic carboxylic acids is 1. The fraction of sp³-hybridized carbons (Fsp3) is 0.617. The van der Waals surface area contributed by atoms with Gasteiger partial charge in [-0.1, -0.05) is 76.6 Å². The molecule has 85 heavy (non-hydrogen) atoms. The molecule has 0 unspecified atom stereocenters. The second-order valence-electron chi connectivity index (χ2n) is 23.6. The predicted molar refractivity (Wildman–Crippen MR) is 312 cm³/mol. The Balaban J connectivity index is 1.27. The number of benzene rings is 2. The summed E-state index contributed by atoms with van der Waals surface area (Å²) in [6, 6.07) is 2.14. The van der Waals surface area contributed by atoms with Crippen molar-refractivity contribution in [3.8, 4) is 5.75 Å². The third kappa shape index (κ3) is 16.9. The molecule has 5 aliphatic heterocycles. The molecule has 8 N–H and O–H groups in total. The van der Waals surface area contributed by atoms with Crippen molar-refractivity contribution in [2.45, 2.75) is 184 Å². The topological polar surface area (TPSA) is 330 Å². The van der Waals surface area contributed by atoms with Crippen LogP contribution in [0.3, 0.4) is 0 Å². The fourth-order valence-electron chi connectivity index (χ4n) is 12.2. The molecule has 5 fully saturated rings. The van der Waals surface area contributed by atoms with Gasteiger partial charge in [0.2, 0.25) is 59.1 Å². The van der Waals surface area contributed by atoms with Crippen LogP contribution in [-0.2, 0) is 76.4 Å². The molecule has 2 aromatic rings. The summed E-state index contributed by atoms with van der Waals surface area (Å²) in [5.41, 5.74) is 1.13. The molecule has 7 rings (SSSR count). The highest BCUT2D eigenvalue weighted by molar-refractivity contribution is 7.84. The van der Waals surface area contributed by atoms with Crippen LogP contribution < -0.4 is 31.9 Å². The van der Waals surface area contributed by atoms with Crippen LogP contribution in [0.1, 0.15) is 122 Å². The largest absolute Gasteiger partial charge is 0.508 e. The summed E-state index contributed by atoms with van der Waals surface area (Å²) in [7, 11) is -1.46. The van der Waals surface area contributed by atoms with Gasteiger partial charge in [0.25, 0.3) is 0 Å². The first-order valence-electron chi connectivity index (χ1n) is 29.9. The monoisotopic (exact) mass is 1200 g/mol. The Hall–Kier alpha value is -7.44. The van der Waals surface area contributed by atoms with Gasteiger partial charge < -0.3 is 61.7 Å². The number of nitrogens with zero attached hydrogens (tertiary/aromatic N) is 4. The molecule has 0 radical (unpaired) electrons. The van der Waals surface area contributed by atoms with E-state index < -0.39 is 155 Å². The summed E-state index contributed by atoms with van der Waals surface area (Å²) in [5.74, 6) is -9.02. The summed E-state index contributed by atoms with van der Waals surface area (Å²) in [6.45, 7) is 7.83. The normalized spacial score (nSPS) is 28.1. The number of amides is 10. The molecule has 5 aliphatic rings. The van der Waals surface area contributed by atoms with Gasteiger partial charge in [-0.25, -0.2) is 0 Å². The Morgan fingerprint density at radius 1 is 0.529 bits per heavy atom. The summed E-state index contributed by atoms with van der Waals surface area (Å²) in [4.78, 5) is 165. The zero-order chi connectivity index (χ0) is 61.6. The van der Waals surface area contributed by atoms with Gasteiger partial charge in [-0.15, -0.1) is 0 Å². The molecule has 10 amide bonds. The minimum Gasteiger partial charge on any atom is -0.508 e. The SMILES string of the molecule is CC[C@H](C)[C@@H]1NC(=O)[C@H](Cc2ccc(O)cc2)NC(=O)[C@@H]2CCCN2C(=O)[C@@H]2CCCN2C(=O)[C@H](CC(C)C)NC(=O)[C@H](CCC(=O)O)NC(=O)[C@H](Cc2ccccc2)NC(=O)[C@H](CC[S@](C)=O)NC(=O)[C@@H]2CCCN2C(=O)[C@@H]2CCCN2C1=O. The van der Waals surface area contributed by atoms with E-state index in [2.05, 4.69) is 31.9 Å². The van der Waals surface area contributed by atoms with Crippen molar-refractivity contribution >= 4 is 75.8 Å². The molecule has 5 heterocycles. The van der Waals surface area contributed by atoms with Crippen molar-refractivity contribution in [1.29, 1.82) is 0 Å². The maximum Gasteiger partial charge on any atom is 0.303 e. The van der Waals surface area contributed by atoms with Gasteiger partial charge in [-0.3, -0.25) is 56.9 Å². The number of aromatic hydroxyl groups is 1. The van der Waals surface area contributed by atoms with E-state index in [-0.39, 0.29) is 95.0 Å². The summed E-state index contributed by atoms with van der Waals surface area (Å²) >= 11 is 0. The number of hydrogen-bond acceptors (Lipinski definition) is 13. The van der Waals surface area contributed by atoms with Gasteiger partial charge in [0.15, 0.2) is 0 Å². The van der Waals surface area contributed by atoms with Gasteiger partial charge in [-0.05, 0) is 106 Å². The van der Waals surface area contributed by atoms with Crippen molar-refractivity contribution in [2.24, 2.45) is 11.8 Å². The number of carbonyl (C=O) groups excluding carboxylic acids is 10. The van der Waals surface area contributed by atoms with Crippen LogP contribution in [0.4, 0.5) is 0 Å². The quantitative estimate of drug-likeness (QED) is 0.130. The van der Waals surface area contributed by atoms with E-state index in [0.29, 0.717) is 43.2 Å².